The first kappa shape index (κ1) is 23.0. The van der Waals surface area contributed by atoms with Gasteiger partial charge < -0.3 is 15.2 Å². The number of carbonyl (C=O) groups is 1. The minimum Gasteiger partial charge on any atom is -0.488 e. The van der Waals surface area contributed by atoms with Gasteiger partial charge in [0.25, 0.3) is 0 Å². The fourth-order valence-corrected chi connectivity index (χ4v) is 5.08. The molecule has 10 heteroatoms. The molecule has 3 atom stereocenters. The maximum absolute atomic E-state index is 14.5. The Labute approximate surface area is 190 Å². The van der Waals surface area contributed by atoms with Crippen LogP contribution in [0, 0.1) is 23.6 Å². The average molecular weight is 461 g/mol. The number of hydrogen-bond donors (Lipinski definition) is 2. The number of fused-ring (bicyclic) bond motifs is 2. The molecule has 0 saturated heterocycles. The Morgan fingerprint density at radius 1 is 1.27 bits per heavy atom. The van der Waals surface area contributed by atoms with Gasteiger partial charge in [-0.25, -0.2) is 18.5 Å². The van der Waals surface area contributed by atoms with Gasteiger partial charge in [-0.2, -0.15) is 4.98 Å². The number of halogens is 1. The number of nitrogens with zero attached hydrogens (tertiary/aromatic N) is 3. The van der Waals surface area contributed by atoms with E-state index >= 15 is 0 Å². The minimum atomic E-state index is -1.11. The zero-order valence-corrected chi connectivity index (χ0v) is 18.8. The molecule has 1 heterocycles. The minimum absolute atomic E-state index is 0.0243. The highest BCUT2D eigenvalue weighted by molar-refractivity contribution is 5.66. The fourth-order valence-electron chi connectivity index (χ4n) is 5.08. The van der Waals surface area contributed by atoms with Gasteiger partial charge >= 0.3 is 17.3 Å². The maximum atomic E-state index is 14.5. The number of ether oxygens (including phenoxy) is 1. The summed E-state index contributed by atoms with van der Waals surface area (Å²) in [5, 5.41) is 11.9. The molecule has 2 bridgehead atoms. The number of anilines is 2. The molecule has 178 valence electrons. The van der Waals surface area contributed by atoms with Crippen molar-refractivity contribution in [2.24, 2.45) is 17.8 Å². The molecule has 9 nitrogen and oxygen atoms in total. The first-order valence-electron chi connectivity index (χ1n) is 11.4. The van der Waals surface area contributed by atoms with E-state index in [0.717, 1.165) is 23.8 Å². The molecule has 0 aliphatic heterocycles. The van der Waals surface area contributed by atoms with E-state index in [0.29, 0.717) is 24.1 Å². The van der Waals surface area contributed by atoms with E-state index in [9.17, 15) is 18.8 Å². The molecule has 4 rings (SSSR count). The molecule has 2 aromatic rings. The Hall–Kier alpha value is -3.17. The molecule has 2 aliphatic carbocycles. The zero-order valence-electron chi connectivity index (χ0n) is 18.8. The number of aromatic nitrogens is 3. The molecule has 1 aromatic heterocycles. The predicted molar refractivity (Wildman–Crippen MR) is 119 cm³/mol. The Bertz CT molecular complexity index is 1160. The predicted octanol–water partition coefficient (Wildman–Crippen LogP) is 2.99. The Kier molecular flexibility index (Phi) is 6.53. The van der Waals surface area contributed by atoms with Crippen LogP contribution in [0.4, 0.5) is 16.0 Å². The second kappa shape index (κ2) is 9.36. The topological polar surface area (TPSA) is 115 Å². The highest BCUT2D eigenvalue weighted by Crippen LogP contribution is 2.48. The summed E-state index contributed by atoms with van der Waals surface area (Å²) in [6.45, 7) is 3.71. The molecule has 2 fully saturated rings. The van der Waals surface area contributed by atoms with Crippen molar-refractivity contribution in [2.75, 3.05) is 5.32 Å². The second-order valence-electron chi connectivity index (χ2n) is 9.28. The van der Waals surface area contributed by atoms with E-state index in [1.54, 1.807) is 19.9 Å². The third kappa shape index (κ3) is 5.09. The number of carboxylic acid groups (broad SMARTS) is 1. The number of nitrogens with one attached hydrogen (secondary N) is 1. The molecule has 2 N–H and O–H groups in total. The lowest BCUT2D eigenvalue weighted by molar-refractivity contribution is -0.137. The molecule has 1 aromatic carbocycles. The zero-order chi connectivity index (χ0) is 23.7. The van der Waals surface area contributed by atoms with Gasteiger partial charge in [-0.05, 0) is 63.0 Å². The van der Waals surface area contributed by atoms with Crippen LogP contribution in [-0.2, 0) is 17.9 Å². The molecule has 2 aliphatic rings. The van der Waals surface area contributed by atoms with E-state index in [4.69, 9.17) is 9.84 Å². The van der Waals surface area contributed by atoms with Crippen LogP contribution in [0.1, 0.15) is 46.0 Å². The molecule has 2 saturated carbocycles. The normalized spacial score (nSPS) is 21.5. The molecule has 0 spiro atoms. The average Bonchev–Trinajstić information content (AvgIpc) is 3.35. The van der Waals surface area contributed by atoms with Crippen molar-refractivity contribution in [2.45, 2.75) is 65.1 Å². The van der Waals surface area contributed by atoms with Gasteiger partial charge in [0, 0.05) is 24.8 Å². The third-order valence-electron chi connectivity index (χ3n) is 6.55. The number of aliphatic carboxylic acids is 1. The summed E-state index contributed by atoms with van der Waals surface area (Å²) in [5.41, 5.74) is -1.13. The summed E-state index contributed by atoms with van der Waals surface area (Å²) in [6.07, 6.45) is 3.95. The lowest BCUT2D eigenvalue weighted by Gasteiger charge is -2.24. The van der Waals surface area contributed by atoms with Crippen LogP contribution in [0.3, 0.4) is 0 Å². The van der Waals surface area contributed by atoms with Crippen molar-refractivity contribution >= 4 is 17.6 Å². The maximum Gasteiger partial charge on any atom is 0.354 e. The van der Waals surface area contributed by atoms with Gasteiger partial charge in [-0.1, -0.05) is 6.42 Å². The fraction of sp³-hybridized carbons (Fsp3) is 0.565. The van der Waals surface area contributed by atoms with Gasteiger partial charge in [0.1, 0.15) is 0 Å². The Balaban J connectivity index is 1.67. The number of benzene rings is 1. The number of carboxylic acids is 1. The van der Waals surface area contributed by atoms with Crippen LogP contribution in [0.5, 0.6) is 5.75 Å². The van der Waals surface area contributed by atoms with Gasteiger partial charge in [-0.15, -0.1) is 0 Å². The first-order valence-corrected chi connectivity index (χ1v) is 11.4. The highest BCUT2D eigenvalue weighted by atomic mass is 19.1. The quantitative estimate of drug-likeness (QED) is 0.591. The lowest BCUT2D eigenvalue weighted by Crippen LogP contribution is -2.44. The SMILES string of the molecule is CC(C)Oc1ccc(Nc2nc(=O)n(CCC(=O)O)c(=O)n2CC2C[C@H]3CC[C@@H]2C3)cc1F. The van der Waals surface area contributed by atoms with E-state index in [-0.39, 0.29) is 36.7 Å². The lowest BCUT2D eigenvalue weighted by atomic mass is 9.89. The first-order chi connectivity index (χ1) is 15.7. The Morgan fingerprint density at radius 3 is 2.67 bits per heavy atom. The Morgan fingerprint density at radius 2 is 2.06 bits per heavy atom. The molecular formula is C23H29FN4O5. The molecule has 1 unspecified atom stereocenters. The second-order valence-corrected chi connectivity index (χ2v) is 9.28. The molecule has 33 heavy (non-hydrogen) atoms. The summed E-state index contributed by atoms with van der Waals surface area (Å²) in [6, 6.07) is 4.29. The van der Waals surface area contributed by atoms with Crippen LogP contribution in [-0.4, -0.2) is 31.3 Å². The highest BCUT2D eigenvalue weighted by Gasteiger charge is 2.40. The van der Waals surface area contributed by atoms with E-state index in [1.807, 2.05) is 0 Å². The van der Waals surface area contributed by atoms with Gasteiger partial charge in [0.05, 0.1) is 12.5 Å². The van der Waals surface area contributed by atoms with Crippen LogP contribution >= 0.6 is 0 Å². The van der Waals surface area contributed by atoms with Gasteiger partial charge in [0.2, 0.25) is 5.95 Å². The third-order valence-corrected chi connectivity index (χ3v) is 6.55. The summed E-state index contributed by atoms with van der Waals surface area (Å²) >= 11 is 0. The van der Waals surface area contributed by atoms with Crippen molar-refractivity contribution in [3.63, 3.8) is 0 Å². The van der Waals surface area contributed by atoms with Crippen molar-refractivity contribution in [3.8, 4) is 5.75 Å². The smallest absolute Gasteiger partial charge is 0.354 e. The van der Waals surface area contributed by atoms with Crippen molar-refractivity contribution in [3.05, 3.63) is 45.0 Å². The monoisotopic (exact) mass is 460 g/mol. The summed E-state index contributed by atoms with van der Waals surface area (Å²) in [4.78, 5) is 40.7. The molecule has 0 amide bonds. The number of hydrogen-bond acceptors (Lipinski definition) is 6. The number of rotatable bonds is 9. The molecular weight excluding hydrogens is 431 g/mol. The van der Waals surface area contributed by atoms with E-state index < -0.39 is 23.2 Å². The van der Waals surface area contributed by atoms with Crippen LogP contribution in [0.2, 0.25) is 0 Å². The standard InChI is InChI=1S/C23H29FN4O5/c1-13(2)33-19-6-5-17(11-18(19)24)25-21-26-22(31)27(8-7-20(29)30)23(32)28(21)12-16-10-14-3-4-15(16)9-14/h5-6,11,13-16H,3-4,7-10,12H2,1-2H3,(H,29,30)(H,25,26,31)/t14-,15+,16?/m0/s1. The van der Waals surface area contributed by atoms with E-state index in [1.165, 1.54) is 23.1 Å². The van der Waals surface area contributed by atoms with Crippen LogP contribution in [0.15, 0.2) is 27.8 Å². The van der Waals surface area contributed by atoms with Crippen LogP contribution < -0.4 is 21.4 Å². The van der Waals surface area contributed by atoms with E-state index in [2.05, 4.69) is 10.3 Å². The van der Waals surface area contributed by atoms with Crippen LogP contribution in [0.25, 0.3) is 0 Å². The van der Waals surface area contributed by atoms with Crippen molar-refractivity contribution < 1.29 is 19.0 Å². The van der Waals surface area contributed by atoms with Gasteiger partial charge in [-0.3, -0.25) is 9.36 Å². The van der Waals surface area contributed by atoms with Crippen molar-refractivity contribution in [1.29, 1.82) is 0 Å². The summed E-state index contributed by atoms with van der Waals surface area (Å²) < 4.78 is 22.1. The summed E-state index contributed by atoms with van der Waals surface area (Å²) in [7, 11) is 0. The largest absolute Gasteiger partial charge is 0.488 e. The molecule has 0 radical (unpaired) electrons. The van der Waals surface area contributed by atoms with Gasteiger partial charge in [0.15, 0.2) is 11.6 Å². The summed E-state index contributed by atoms with van der Waals surface area (Å²) in [5.74, 6) is -0.0801. The van der Waals surface area contributed by atoms with Crippen molar-refractivity contribution in [1.82, 2.24) is 14.1 Å².